The number of carbonyl (C=O) groups is 1. The van der Waals surface area contributed by atoms with Gasteiger partial charge < -0.3 is 15.8 Å². The highest BCUT2D eigenvalue weighted by Crippen LogP contribution is 2.01. The molecule has 0 saturated carbocycles. The molecule has 0 spiro atoms. The van der Waals surface area contributed by atoms with Gasteiger partial charge in [-0.15, -0.1) is 0 Å². The van der Waals surface area contributed by atoms with Gasteiger partial charge in [-0.25, -0.2) is 4.79 Å². The molecule has 0 saturated heterocycles. The minimum absolute atomic E-state index is 0.265. The molecule has 0 atom stereocenters. The van der Waals surface area contributed by atoms with Gasteiger partial charge in [0.1, 0.15) is 0 Å². The van der Waals surface area contributed by atoms with Crippen LogP contribution in [0.25, 0.3) is 0 Å². The lowest BCUT2D eigenvalue weighted by Crippen LogP contribution is -2.48. The van der Waals surface area contributed by atoms with Gasteiger partial charge >= 0.3 is 6.03 Å². The zero-order valence-corrected chi connectivity index (χ0v) is 15.4. The summed E-state index contributed by atoms with van der Waals surface area (Å²) in [4.78, 5) is 17.7. The normalized spacial score (nSPS) is 10.4. The fourth-order valence-electron chi connectivity index (χ4n) is 2.56. The van der Waals surface area contributed by atoms with Crippen LogP contribution in [0.4, 0.5) is 4.79 Å². The van der Waals surface area contributed by atoms with Crippen LogP contribution in [0.1, 0.15) is 17.7 Å². The summed E-state index contributed by atoms with van der Waals surface area (Å²) in [5.41, 5.74) is 7.71. The highest BCUT2D eigenvalue weighted by molar-refractivity contribution is 5.93. The van der Waals surface area contributed by atoms with E-state index < -0.39 is 0 Å². The zero-order chi connectivity index (χ0) is 19.3. The molecule has 4 N–H and O–H groups in total. The predicted molar refractivity (Wildman–Crippen MR) is 106 cm³/mol. The van der Waals surface area contributed by atoms with Crippen molar-refractivity contribution in [1.29, 1.82) is 5.41 Å². The Labute approximate surface area is 160 Å². The van der Waals surface area contributed by atoms with Crippen LogP contribution in [0.5, 0.6) is 0 Å². The third-order valence-corrected chi connectivity index (χ3v) is 3.98. The van der Waals surface area contributed by atoms with E-state index in [2.05, 4.69) is 22.4 Å². The molecule has 7 nitrogen and oxygen atoms in total. The molecule has 1 heterocycles. The molecule has 1 aromatic heterocycles. The van der Waals surface area contributed by atoms with Gasteiger partial charge in [0.05, 0.1) is 13.2 Å². The van der Waals surface area contributed by atoms with Crippen molar-refractivity contribution in [2.75, 3.05) is 26.3 Å². The summed E-state index contributed by atoms with van der Waals surface area (Å²) < 4.78 is 5.54. The van der Waals surface area contributed by atoms with Crippen molar-refractivity contribution < 1.29 is 9.53 Å². The molecule has 2 aromatic rings. The third-order valence-electron chi connectivity index (χ3n) is 3.98. The number of pyridine rings is 1. The van der Waals surface area contributed by atoms with Gasteiger partial charge in [0.25, 0.3) is 0 Å². The molecule has 0 aliphatic heterocycles. The fraction of sp³-hybridized carbons (Fsp3) is 0.350. The first-order valence-electron chi connectivity index (χ1n) is 9.08. The average Bonchev–Trinajstić information content (AvgIpc) is 2.69. The van der Waals surface area contributed by atoms with Crippen LogP contribution in [-0.2, 0) is 17.6 Å². The topological polar surface area (TPSA) is 104 Å². The van der Waals surface area contributed by atoms with Crippen LogP contribution in [0, 0.1) is 5.41 Å². The molecule has 2 amide bonds. The summed E-state index contributed by atoms with van der Waals surface area (Å²) in [6.45, 7) is 1.75. The Bertz CT molecular complexity index is 694. The van der Waals surface area contributed by atoms with Crippen molar-refractivity contribution >= 4 is 12.0 Å². The largest absolute Gasteiger partial charge is 0.379 e. The number of ether oxygens (including phenoxy) is 1. The van der Waals surface area contributed by atoms with Gasteiger partial charge in [0, 0.05) is 25.0 Å². The molecule has 144 valence electrons. The Morgan fingerprint density at radius 3 is 2.59 bits per heavy atom. The summed E-state index contributed by atoms with van der Waals surface area (Å²) in [5.74, 6) is -0.265. The van der Waals surface area contributed by atoms with Crippen molar-refractivity contribution in [2.24, 2.45) is 5.73 Å². The molecule has 27 heavy (non-hydrogen) atoms. The average molecular weight is 369 g/mol. The van der Waals surface area contributed by atoms with Gasteiger partial charge in [-0.3, -0.25) is 15.3 Å². The summed E-state index contributed by atoms with van der Waals surface area (Å²) in [5, 5.41) is 10.3. The van der Waals surface area contributed by atoms with Crippen molar-refractivity contribution in [3.8, 4) is 0 Å². The van der Waals surface area contributed by atoms with Gasteiger partial charge in [0.2, 0.25) is 0 Å². The van der Waals surface area contributed by atoms with E-state index in [0.29, 0.717) is 32.7 Å². The summed E-state index contributed by atoms with van der Waals surface area (Å²) in [7, 11) is 0. The number of carbonyl (C=O) groups excluding carboxylic acids is 1. The highest BCUT2D eigenvalue weighted by atomic mass is 16.5. The second-order valence-corrected chi connectivity index (χ2v) is 6.04. The predicted octanol–water partition coefficient (Wildman–Crippen LogP) is 2.18. The van der Waals surface area contributed by atoms with Crippen LogP contribution in [0.2, 0.25) is 0 Å². The Morgan fingerprint density at radius 1 is 1.11 bits per heavy atom. The van der Waals surface area contributed by atoms with Gasteiger partial charge in [-0.2, -0.15) is 0 Å². The molecule has 0 aliphatic rings. The monoisotopic (exact) mass is 369 g/mol. The van der Waals surface area contributed by atoms with E-state index in [1.807, 2.05) is 36.4 Å². The highest BCUT2D eigenvalue weighted by Gasteiger charge is 2.15. The van der Waals surface area contributed by atoms with E-state index in [0.717, 1.165) is 18.5 Å². The van der Waals surface area contributed by atoms with E-state index in [1.54, 1.807) is 6.20 Å². The molecule has 2 rings (SSSR count). The van der Waals surface area contributed by atoms with Gasteiger partial charge in [-0.05, 0) is 37.0 Å². The van der Waals surface area contributed by atoms with E-state index in [-0.39, 0.29) is 12.0 Å². The maximum absolute atomic E-state index is 12.2. The Kier molecular flexibility index (Phi) is 8.79. The maximum Gasteiger partial charge on any atom is 0.324 e. The number of hydrogen-bond acceptors (Lipinski definition) is 4. The number of aryl methyl sites for hydroxylation is 1. The minimum Gasteiger partial charge on any atom is -0.379 e. The van der Waals surface area contributed by atoms with E-state index in [4.69, 9.17) is 15.9 Å². The Morgan fingerprint density at radius 2 is 1.89 bits per heavy atom. The Balaban J connectivity index is 1.61. The van der Waals surface area contributed by atoms with Crippen molar-refractivity contribution in [3.05, 3.63) is 66.0 Å². The molecular formula is C20H27N5O2. The van der Waals surface area contributed by atoms with Crippen LogP contribution >= 0.6 is 0 Å². The SMILES string of the molecule is N=C(N)N(CCCc1ccccn1)C(=O)NCCOCCc1ccccc1. The lowest BCUT2D eigenvalue weighted by atomic mass is 10.2. The van der Waals surface area contributed by atoms with E-state index in [1.165, 1.54) is 10.5 Å². The number of hydrogen-bond donors (Lipinski definition) is 3. The maximum atomic E-state index is 12.2. The molecule has 0 aliphatic carbocycles. The van der Waals surface area contributed by atoms with Crippen LogP contribution in [-0.4, -0.2) is 48.2 Å². The number of nitrogens with one attached hydrogen (secondary N) is 2. The van der Waals surface area contributed by atoms with E-state index in [9.17, 15) is 4.79 Å². The summed E-state index contributed by atoms with van der Waals surface area (Å²) in [6, 6.07) is 15.4. The zero-order valence-electron chi connectivity index (χ0n) is 15.4. The smallest absolute Gasteiger partial charge is 0.324 e. The number of aromatic nitrogens is 1. The van der Waals surface area contributed by atoms with Crippen molar-refractivity contribution in [3.63, 3.8) is 0 Å². The summed E-state index contributed by atoms with van der Waals surface area (Å²) in [6.07, 6.45) is 3.97. The number of nitrogens with zero attached hydrogens (tertiary/aromatic N) is 2. The van der Waals surface area contributed by atoms with Gasteiger partial charge in [-0.1, -0.05) is 36.4 Å². The molecule has 0 radical (unpaired) electrons. The van der Waals surface area contributed by atoms with Crippen LogP contribution in [0.15, 0.2) is 54.7 Å². The number of nitrogens with two attached hydrogens (primary N) is 1. The third kappa shape index (κ3) is 7.87. The molecule has 0 bridgehead atoms. The lowest BCUT2D eigenvalue weighted by Gasteiger charge is -2.21. The van der Waals surface area contributed by atoms with Crippen LogP contribution < -0.4 is 11.1 Å². The Hall–Kier alpha value is -2.93. The number of rotatable bonds is 10. The molecule has 7 heteroatoms. The molecule has 0 unspecified atom stereocenters. The van der Waals surface area contributed by atoms with Gasteiger partial charge in [0.15, 0.2) is 5.96 Å². The number of amides is 2. The fourth-order valence-corrected chi connectivity index (χ4v) is 2.56. The minimum atomic E-state index is -0.379. The van der Waals surface area contributed by atoms with Crippen molar-refractivity contribution in [1.82, 2.24) is 15.2 Å². The van der Waals surface area contributed by atoms with Crippen molar-refractivity contribution in [2.45, 2.75) is 19.3 Å². The lowest BCUT2D eigenvalue weighted by molar-refractivity contribution is 0.138. The molecule has 0 fully saturated rings. The standard InChI is InChI=1S/C20H27N5O2/c21-19(22)25(14-6-10-18-9-4-5-12-23-18)20(26)24-13-16-27-15-11-17-7-2-1-3-8-17/h1-5,7-9,12H,6,10-11,13-16H2,(H3,21,22)(H,24,26). The first-order valence-corrected chi connectivity index (χ1v) is 9.08. The quantitative estimate of drug-likeness (QED) is 0.339. The number of urea groups is 1. The second kappa shape index (κ2) is 11.6. The molecule has 1 aromatic carbocycles. The second-order valence-electron chi connectivity index (χ2n) is 6.04. The summed E-state index contributed by atoms with van der Waals surface area (Å²) >= 11 is 0. The number of benzene rings is 1. The molecular weight excluding hydrogens is 342 g/mol. The first-order chi connectivity index (χ1) is 13.2. The first kappa shape index (κ1) is 20.4. The van der Waals surface area contributed by atoms with E-state index >= 15 is 0 Å². The van der Waals surface area contributed by atoms with Crippen LogP contribution in [0.3, 0.4) is 0 Å². The number of guanidine groups is 1.